The number of ether oxygens (including phenoxy) is 1. The number of hydrogen-bond donors (Lipinski definition) is 2. The maximum absolute atomic E-state index is 12.0. The summed E-state index contributed by atoms with van der Waals surface area (Å²) >= 11 is 0. The van der Waals surface area contributed by atoms with Crippen LogP contribution in [0.25, 0.3) is 0 Å². The second-order valence-corrected chi connectivity index (χ2v) is 6.44. The number of carbonyl (C=O) groups excluding carboxylic acids is 1. The standard InChI is InChI=1S/C16H22N2O2/c1-9-11(6-7-20-9)14(17)10-4-5-13-12(8-10)16(2,3)15(19)18-13/h4-5,8-9,11,14H,6-7,17H2,1-3H3,(H,18,19). The molecule has 1 aromatic rings. The number of benzene rings is 1. The smallest absolute Gasteiger partial charge is 0.234 e. The van der Waals surface area contributed by atoms with Crippen LogP contribution < -0.4 is 11.1 Å². The van der Waals surface area contributed by atoms with Gasteiger partial charge in [-0.1, -0.05) is 12.1 Å². The van der Waals surface area contributed by atoms with Gasteiger partial charge in [0.1, 0.15) is 0 Å². The van der Waals surface area contributed by atoms with Gasteiger partial charge in [-0.25, -0.2) is 0 Å². The van der Waals surface area contributed by atoms with Crippen LogP contribution in [0.4, 0.5) is 5.69 Å². The van der Waals surface area contributed by atoms with Gasteiger partial charge >= 0.3 is 0 Å². The summed E-state index contributed by atoms with van der Waals surface area (Å²) in [4.78, 5) is 12.0. The topological polar surface area (TPSA) is 64.3 Å². The molecule has 20 heavy (non-hydrogen) atoms. The summed E-state index contributed by atoms with van der Waals surface area (Å²) in [7, 11) is 0. The summed E-state index contributed by atoms with van der Waals surface area (Å²) in [5.74, 6) is 0.400. The Hall–Kier alpha value is -1.39. The van der Waals surface area contributed by atoms with Crippen LogP contribution in [0.3, 0.4) is 0 Å². The van der Waals surface area contributed by atoms with Crippen LogP contribution in [0.2, 0.25) is 0 Å². The van der Waals surface area contributed by atoms with E-state index < -0.39 is 5.41 Å². The molecule has 1 amide bonds. The van der Waals surface area contributed by atoms with Gasteiger partial charge in [-0.05, 0) is 44.4 Å². The van der Waals surface area contributed by atoms with Crippen LogP contribution in [0, 0.1) is 5.92 Å². The van der Waals surface area contributed by atoms with Gasteiger partial charge in [0.2, 0.25) is 5.91 Å². The highest BCUT2D eigenvalue weighted by Crippen LogP contribution is 2.40. The number of carbonyl (C=O) groups is 1. The molecule has 2 aliphatic heterocycles. The van der Waals surface area contributed by atoms with Gasteiger partial charge in [0, 0.05) is 24.3 Å². The van der Waals surface area contributed by atoms with Crippen molar-refractivity contribution in [2.75, 3.05) is 11.9 Å². The Labute approximate surface area is 119 Å². The van der Waals surface area contributed by atoms with Gasteiger partial charge in [-0.15, -0.1) is 0 Å². The van der Waals surface area contributed by atoms with E-state index in [2.05, 4.69) is 18.3 Å². The van der Waals surface area contributed by atoms with E-state index in [1.54, 1.807) is 0 Å². The molecular formula is C16H22N2O2. The molecule has 3 rings (SSSR count). The van der Waals surface area contributed by atoms with E-state index in [0.717, 1.165) is 29.8 Å². The van der Waals surface area contributed by atoms with Crippen molar-refractivity contribution in [1.82, 2.24) is 0 Å². The second-order valence-electron chi connectivity index (χ2n) is 6.44. The lowest BCUT2D eigenvalue weighted by molar-refractivity contribution is -0.119. The van der Waals surface area contributed by atoms with Crippen LogP contribution >= 0.6 is 0 Å². The molecule has 0 spiro atoms. The van der Waals surface area contributed by atoms with Crippen molar-refractivity contribution in [2.24, 2.45) is 11.7 Å². The number of fused-ring (bicyclic) bond motifs is 1. The molecule has 0 aliphatic carbocycles. The Bertz CT molecular complexity index is 553. The van der Waals surface area contributed by atoms with E-state index in [0.29, 0.717) is 5.92 Å². The zero-order chi connectivity index (χ0) is 14.5. The van der Waals surface area contributed by atoms with Crippen molar-refractivity contribution >= 4 is 11.6 Å². The third-order valence-electron chi connectivity index (χ3n) is 4.81. The van der Waals surface area contributed by atoms with E-state index in [1.165, 1.54) is 0 Å². The lowest BCUT2D eigenvalue weighted by Crippen LogP contribution is -2.28. The Kier molecular flexibility index (Phi) is 3.10. The first-order valence-corrected chi connectivity index (χ1v) is 7.24. The van der Waals surface area contributed by atoms with Crippen molar-refractivity contribution in [2.45, 2.75) is 44.8 Å². The normalized spacial score (nSPS) is 29.1. The van der Waals surface area contributed by atoms with E-state index in [1.807, 2.05) is 26.0 Å². The molecule has 0 bridgehead atoms. The molecule has 1 aromatic carbocycles. The Morgan fingerprint density at radius 1 is 1.45 bits per heavy atom. The molecule has 0 saturated carbocycles. The van der Waals surface area contributed by atoms with E-state index >= 15 is 0 Å². The average molecular weight is 274 g/mol. The van der Waals surface area contributed by atoms with Crippen LogP contribution in [-0.2, 0) is 14.9 Å². The van der Waals surface area contributed by atoms with Crippen LogP contribution in [-0.4, -0.2) is 18.6 Å². The van der Waals surface area contributed by atoms with Crippen molar-refractivity contribution in [3.8, 4) is 0 Å². The summed E-state index contributed by atoms with van der Waals surface area (Å²) in [6, 6.07) is 6.04. The molecule has 1 saturated heterocycles. The third-order valence-corrected chi connectivity index (χ3v) is 4.81. The van der Waals surface area contributed by atoms with Gasteiger partial charge < -0.3 is 15.8 Å². The first-order valence-electron chi connectivity index (χ1n) is 7.24. The quantitative estimate of drug-likeness (QED) is 0.870. The number of amides is 1. The van der Waals surface area contributed by atoms with E-state index in [4.69, 9.17) is 10.5 Å². The Morgan fingerprint density at radius 3 is 2.85 bits per heavy atom. The Balaban J connectivity index is 1.94. The fraction of sp³-hybridized carbons (Fsp3) is 0.562. The van der Waals surface area contributed by atoms with Crippen molar-refractivity contribution in [1.29, 1.82) is 0 Å². The summed E-state index contributed by atoms with van der Waals surface area (Å²) in [5.41, 5.74) is 8.99. The SMILES string of the molecule is CC1OCCC1C(N)c1ccc2c(c1)C(C)(C)C(=O)N2. The number of nitrogens with one attached hydrogen (secondary N) is 1. The molecule has 2 aliphatic rings. The minimum absolute atomic E-state index is 0.0377. The third kappa shape index (κ3) is 1.95. The first kappa shape index (κ1) is 13.6. The Morgan fingerprint density at radius 2 is 2.20 bits per heavy atom. The maximum atomic E-state index is 12.0. The molecule has 0 radical (unpaired) electrons. The highest BCUT2D eigenvalue weighted by molar-refractivity contribution is 6.05. The van der Waals surface area contributed by atoms with Crippen molar-refractivity contribution in [3.05, 3.63) is 29.3 Å². The summed E-state index contributed by atoms with van der Waals surface area (Å²) in [5, 5.41) is 2.93. The summed E-state index contributed by atoms with van der Waals surface area (Å²) in [6.45, 7) is 6.77. The van der Waals surface area contributed by atoms with E-state index in [-0.39, 0.29) is 18.1 Å². The second kappa shape index (κ2) is 4.57. The van der Waals surface area contributed by atoms with E-state index in [9.17, 15) is 4.79 Å². The van der Waals surface area contributed by atoms with Gasteiger partial charge in [0.25, 0.3) is 0 Å². The monoisotopic (exact) mass is 274 g/mol. The first-order chi connectivity index (χ1) is 9.41. The molecule has 108 valence electrons. The molecule has 4 nitrogen and oxygen atoms in total. The highest BCUT2D eigenvalue weighted by Gasteiger charge is 2.39. The largest absolute Gasteiger partial charge is 0.378 e. The van der Waals surface area contributed by atoms with Crippen LogP contribution in [0.1, 0.15) is 44.4 Å². The number of anilines is 1. The molecule has 4 heteroatoms. The highest BCUT2D eigenvalue weighted by atomic mass is 16.5. The minimum atomic E-state index is -0.483. The predicted octanol–water partition coefficient (Wildman–Crippen LogP) is 2.34. The minimum Gasteiger partial charge on any atom is -0.378 e. The summed E-state index contributed by atoms with van der Waals surface area (Å²) in [6.07, 6.45) is 1.20. The van der Waals surface area contributed by atoms with Crippen molar-refractivity contribution in [3.63, 3.8) is 0 Å². The maximum Gasteiger partial charge on any atom is 0.234 e. The van der Waals surface area contributed by atoms with Gasteiger partial charge in [-0.2, -0.15) is 0 Å². The fourth-order valence-electron chi connectivity index (χ4n) is 3.26. The molecule has 3 unspecified atom stereocenters. The lowest BCUT2D eigenvalue weighted by Gasteiger charge is -2.24. The number of rotatable bonds is 2. The van der Waals surface area contributed by atoms with Gasteiger partial charge in [0.05, 0.1) is 11.5 Å². The molecule has 2 heterocycles. The fourth-order valence-corrected chi connectivity index (χ4v) is 3.26. The van der Waals surface area contributed by atoms with Crippen LogP contribution in [0.15, 0.2) is 18.2 Å². The molecule has 0 aromatic heterocycles. The zero-order valence-corrected chi connectivity index (χ0v) is 12.3. The lowest BCUT2D eigenvalue weighted by atomic mass is 9.82. The number of nitrogens with two attached hydrogens (primary N) is 1. The predicted molar refractivity (Wildman–Crippen MR) is 78.5 cm³/mol. The van der Waals surface area contributed by atoms with Gasteiger partial charge in [-0.3, -0.25) is 4.79 Å². The van der Waals surface area contributed by atoms with Crippen LogP contribution in [0.5, 0.6) is 0 Å². The molecular weight excluding hydrogens is 252 g/mol. The molecule has 1 fully saturated rings. The zero-order valence-electron chi connectivity index (χ0n) is 12.3. The molecule has 3 N–H and O–H groups in total. The molecule has 3 atom stereocenters. The van der Waals surface area contributed by atoms with Gasteiger partial charge in [0.15, 0.2) is 0 Å². The number of hydrogen-bond acceptors (Lipinski definition) is 3. The van der Waals surface area contributed by atoms with Crippen molar-refractivity contribution < 1.29 is 9.53 Å². The summed E-state index contributed by atoms with van der Waals surface area (Å²) < 4.78 is 5.61. The average Bonchev–Trinajstić information content (AvgIpc) is 2.92.